The van der Waals surface area contributed by atoms with E-state index in [0.717, 1.165) is 29.6 Å². The molecular weight excluding hydrogens is 337 g/mol. The molecule has 0 aliphatic heterocycles. The van der Waals surface area contributed by atoms with Crippen LogP contribution >= 0.6 is 24.8 Å². The van der Waals surface area contributed by atoms with Gasteiger partial charge in [0, 0.05) is 25.2 Å². The van der Waals surface area contributed by atoms with Gasteiger partial charge >= 0.3 is 0 Å². The largest absolute Gasteiger partial charge is 0.345 e. The lowest BCUT2D eigenvalue weighted by Gasteiger charge is -2.29. The monoisotopic (exact) mass is 359 g/mol. The lowest BCUT2D eigenvalue weighted by Crippen LogP contribution is -2.53. The molecule has 1 aliphatic carbocycles. The van der Waals surface area contributed by atoms with E-state index in [2.05, 4.69) is 15.4 Å². The first-order chi connectivity index (χ1) is 9.94. The minimum atomic E-state index is -0.323. The maximum Gasteiger partial charge on any atom is 0.253 e. The number of nitrogens with zero attached hydrogens (tertiary/aromatic N) is 3. The summed E-state index contributed by atoms with van der Waals surface area (Å²) in [6.07, 6.45) is 3.86. The zero-order valence-electron chi connectivity index (χ0n) is 13.5. The minimum Gasteiger partial charge on any atom is -0.345 e. The third-order valence-electron chi connectivity index (χ3n) is 4.43. The number of fused-ring (bicyclic) bond motifs is 1. The second-order valence-electron chi connectivity index (χ2n) is 6.15. The summed E-state index contributed by atoms with van der Waals surface area (Å²) in [6.45, 7) is 4.38. The lowest BCUT2D eigenvalue weighted by molar-refractivity contribution is 0.0897. The molecule has 0 bridgehead atoms. The van der Waals surface area contributed by atoms with Gasteiger partial charge in [-0.25, -0.2) is 4.98 Å². The highest BCUT2D eigenvalue weighted by Gasteiger charge is 2.41. The molecule has 0 aromatic carbocycles. The average molecular weight is 360 g/mol. The predicted molar refractivity (Wildman–Crippen MR) is 95.4 cm³/mol. The van der Waals surface area contributed by atoms with Crippen molar-refractivity contribution in [2.45, 2.75) is 32.2 Å². The van der Waals surface area contributed by atoms with Crippen molar-refractivity contribution < 1.29 is 4.79 Å². The molecule has 8 heteroatoms. The van der Waals surface area contributed by atoms with Gasteiger partial charge in [-0.15, -0.1) is 24.8 Å². The van der Waals surface area contributed by atoms with E-state index in [4.69, 9.17) is 5.73 Å². The molecule has 1 saturated carbocycles. The molecule has 23 heavy (non-hydrogen) atoms. The number of hydrogen-bond donors (Lipinski definition) is 2. The van der Waals surface area contributed by atoms with E-state index in [9.17, 15) is 4.79 Å². The number of nitrogens with one attached hydrogen (secondary N) is 1. The quantitative estimate of drug-likeness (QED) is 0.873. The van der Waals surface area contributed by atoms with Gasteiger partial charge in [0.05, 0.1) is 16.8 Å². The van der Waals surface area contributed by atoms with Crippen molar-refractivity contribution in [3.05, 3.63) is 23.5 Å². The summed E-state index contributed by atoms with van der Waals surface area (Å²) >= 11 is 0. The van der Waals surface area contributed by atoms with Crippen molar-refractivity contribution in [1.82, 2.24) is 20.1 Å². The summed E-state index contributed by atoms with van der Waals surface area (Å²) in [5.41, 5.74) is 7.74. The second kappa shape index (κ2) is 7.03. The van der Waals surface area contributed by atoms with Crippen LogP contribution < -0.4 is 11.1 Å². The second-order valence-corrected chi connectivity index (χ2v) is 6.15. The topological polar surface area (TPSA) is 85.8 Å². The molecule has 0 radical (unpaired) electrons. The third-order valence-corrected chi connectivity index (χ3v) is 4.43. The van der Waals surface area contributed by atoms with Gasteiger partial charge in [0.2, 0.25) is 0 Å². The molecule has 1 fully saturated rings. The van der Waals surface area contributed by atoms with Crippen molar-refractivity contribution in [1.29, 1.82) is 0 Å². The zero-order valence-corrected chi connectivity index (χ0v) is 15.1. The van der Waals surface area contributed by atoms with Crippen molar-refractivity contribution in [2.24, 2.45) is 18.7 Å². The molecule has 128 valence electrons. The van der Waals surface area contributed by atoms with Crippen LogP contribution in [-0.2, 0) is 7.05 Å². The standard InChI is InChI=1S/C15H21N5O.2ClH/c1-9-12-6-10(7-17-13(12)20(3)19-9)14(21)18-15(2,8-16)11-4-5-11;;/h6-7,11H,4-5,8,16H2,1-3H3,(H,18,21);2*1H. The fraction of sp³-hybridized carbons (Fsp3) is 0.533. The number of halogens is 2. The van der Waals surface area contributed by atoms with E-state index >= 15 is 0 Å². The summed E-state index contributed by atoms with van der Waals surface area (Å²) in [5.74, 6) is 0.371. The Hall–Kier alpha value is -1.37. The fourth-order valence-electron chi connectivity index (χ4n) is 2.80. The predicted octanol–water partition coefficient (Wildman–Crippen LogP) is 1.98. The van der Waals surface area contributed by atoms with Crippen LogP contribution in [0.25, 0.3) is 11.0 Å². The SMILES string of the molecule is Cc1nn(C)c2ncc(C(=O)NC(C)(CN)C3CC3)cc12.Cl.Cl. The fourth-order valence-corrected chi connectivity index (χ4v) is 2.80. The van der Waals surface area contributed by atoms with Gasteiger partial charge in [-0.2, -0.15) is 5.10 Å². The molecule has 1 aliphatic rings. The molecule has 1 atom stereocenters. The highest BCUT2D eigenvalue weighted by atomic mass is 35.5. The number of carbonyl (C=O) groups excluding carboxylic acids is 1. The Morgan fingerprint density at radius 1 is 1.48 bits per heavy atom. The van der Waals surface area contributed by atoms with Crippen LogP contribution in [0.1, 0.15) is 35.8 Å². The molecule has 2 aromatic heterocycles. The molecule has 1 amide bonds. The van der Waals surface area contributed by atoms with Gasteiger partial charge in [-0.1, -0.05) is 0 Å². The summed E-state index contributed by atoms with van der Waals surface area (Å²) < 4.78 is 1.72. The molecule has 2 heterocycles. The first kappa shape index (κ1) is 19.7. The summed E-state index contributed by atoms with van der Waals surface area (Å²) in [6, 6.07) is 1.85. The highest BCUT2D eigenvalue weighted by Crippen LogP contribution is 2.39. The molecule has 1 unspecified atom stereocenters. The Kier molecular flexibility index (Phi) is 6.01. The van der Waals surface area contributed by atoms with Gasteiger partial charge in [-0.05, 0) is 38.7 Å². The zero-order chi connectivity index (χ0) is 15.2. The molecule has 6 nitrogen and oxygen atoms in total. The van der Waals surface area contributed by atoms with Crippen LogP contribution in [-0.4, -0.2) is 32.8 Å². The van der Waals surface area contributed by atoms with Crippen molar-refractivity contribution >= 4 is 41.8 Å². The number of aromatic nitrogens is 3. The smallest absolute Gasteiger partial charge is 0.253 e. The van der Waals surface area contributed by atoms with E-state index in [-0.39, 0.29) is 36.3 Å². The first-order valence-corrected chi connectivity index (χ1v) is 7.26. The number of amides is 1. The Labute approximate surface area is 148 Å². The normalized spacial score (nSPS) is 16.2. The van der Waals surface area contributed by atoms with E-state index in [0.29, 0.717) is 18.0 Å². The third kappa shape index (κ3) is 3.59. The van der Waals surface area contributed by atoms with Gasteiger partial charge in [0.1, 0.15) is 0 Å². The van der Waals surface area contributed by atoms with E-state index in [1.165, 1.54) is 0 Å². The summed E-state index contributed by atoms with van der Waals surface area (Å²) in [4.78, 5) is 16.8. The van der Waals surface area contributed by atoms with Gasteiger partial charge in [0.25, 0.3) is 5.91 Å². The van der Waals surface area contributed by atoms with Crippen molar-refractivity contribution in [2.75, 3.05) is 6.54 Å². The summed E-state index contributed by atoms with van der Waals surface area (Å²) in [7, 11) is 1.85. The van der Waals surface area contributed by atoms with Crippen molar-refractivity contribution in [3.63, 3.8) is 0 Å². The summed E-state index contributed by atoms with van der Waals surface area (Å²) in [5, 5.41) is 8.31. The van der Waals surface area contributed by atoms with Gasteiger partial charge in [0.15, 0.2) is 5.65 Å². The van der Waals surface area contributed by atoms with Gasteiger partial charge in [-0.3, -0.25) is 9.48 Å². The number of nitrogens with two attached hydrogens (primary N) is 1. The molecule has 0 saturated heterocycles. The van der Waals surface area contributed by atoms with Crippen LogP contribution in [0, 0.1) is 12.8 Å². The first-order valence-electron chi connectivity index (χ1n) is 7.26. The Bertz CT molecular complexity index is 713. The van der Waals surface area contributed by atoms with Crippen LogP contribution in [0.3, 0.4) is 0 Å². The van der Waals surface area contributed by atoms with Crippen LogP contribution in [0.15, 0.2) is 12.3 Å². The number of aryl methyl sites for hydroxylation is 2. The Morgan fingerprint density at radius 2 is 2.13 bits per heavy atom. The Morgan fingerprint density at radius 3 is 2.70 bits per heavy atom. The maximum absolute atomic E-state index is 12.5. The van der Waals surface area contributed by atoms with E-state index in [1.807, 2.05) is 27.0 Å². The highest BCUT2D eigenvalue weighted by molar-refractivity contribution is 5.97. The Balaban J connectivity index is 0.00000132. The molecule has 3 rings (SSSR count). The van der Waals surface area contributed by atoms with Crippen LogP contribution in [0.5, 0.6) is 0 Å². The molecule has 0 spiro atoms. The van der Waals surface area contributed by atoms with E-state index < -0.39 is 0 Å². The van der Waals surface area contributed by atoms with Gasteiger partial charge < -0.3 is 11.1 Å². The average Bonchev–Trinajstić information content (AvgIpc) is 3.27. The van der Waals surface area contributed by atoms with E-state index in [1.54, 1.807) is 10.9 Å². The maximum atomic E-state index is 12.5. The lowest BCUT2D eigenvalue weighted by atomic mass is 9.95. The van der Waals surface area contributed by atoms with Crippen molar-refractivity contribution in [3.8, 4) is 0 Å². The molecule has 2 aromatic rings. The minimum absolute atomic E-state index is 0. The number of pyridine rings is 1. The number of hydrogen-bond acceptors (Lipinski definition) is 4. The molecular formula is C15H23Cl2N5O. The van der Waals surface area contributed by atoms with Crippen LogP contribution in [0.2, 0.25) is 0 Å². The number of carbonyl (C=O) groups is 1. The number of rotatable bonds is 4. The van der Waals surface area contributed by atoms with Crippen LogP contribution in [0.4, 0.5) is 0 Å². The molecule has 3 N–H and O–H groups in total.